The van der Waals surface area contributed by atoms with Crippen molar-refractivity contribution in [1.29, 1.82) is 5.26 Å². The Morgan fingerprint density at radius 3 is 2.81 bits per heavy atom. The number of nitrogens with zero attached hydrogens (tertiary/aromatic N) is 5. The number of amides is 1. The second-order valence-corrected chi connectivity index (χ2v) is 7.70. The Labute approximate surface area is 183 Å². The lowest BCUT2D eigenvalue weighted by atomic mass is 10.1. The van der Waals surface area contributed by atoms with Gasteiger partial charge in [-0.25, -0.2) is 0 Å². The molecule has 1 aromatic carbocycles. The van der Waals surface area contributed by atoms with Gasteiger partial charge < -0.3 is 18.9 Å². The number of likely N-dealkylation sites (N-methyl/N-ethyl adjacent to an activating group) is 1. The Morgan fingerprint density at radius 2 is 2.10 bits per heavy atom. The maximum atomic E-state index is 12.1. The molecule has 0 saturated heterocycles. The summed E-state index contributed by atoms with van der Waals surface area (Å²) in [6.45, 7) is 4.86. The molecule has 0 bridgehead atoms. The second-order valence-electron chi connectivity index (χ2n) is 7.70. The molecule has 1 aromatic heterocycles. The van der Waals surface area contributed by atoms with Crippen LogP contribution in [0.1, 0.15) is 50.3 Å². The van der Waals surface area contributed by atoms with Gasteiger partial charge in [0, 0.05) is 27.1 Å². The monoisotopic (exact) mass is 423 g/mol. The molecule has 1 aliphatic rings. The van der Waals surface area contributed by atoms with Crippen LogP contribution in [-0.2, 0) is 17.8 Å². The molecule has 1 aliphatic heterocycles. The highest BCUT2D eigenvalue weighted by Crippen LogP contribution is 2.31. The first-order valence-electron chi connectivity index (χ1n) is 10.6. The molecule has 0 spiro atoms. The van der Waals surface area contributed by atoms with Crippen LogP contribution in [0.5, 0.6) is 11.5 Å². The largest absolute Gasteiger partial charge is 0.490 e. The van der Waals surface area contributed by atoms with Crippen LogP contribution in [0.25, 0.3) is 11.6 Å². The van der Waals surface area contributed by atoms with E-state index >= 15 is 0 Å². The van der Waals surface area contributed by atoms with Gasteiger partial charge in [0.1, 0.15) is 11.9 Å². The number of hydrogen-bond acceptors (Lipinski definition) is 6. The standard InChI is InChI=1S/C23H29N5O3/c1-5-30-20-14-17(10-11-19(20)31-16(2)23(29)27(3)4)13-18(15-24)22-26-25-21-9-7-6-8-12-28(21)22/h10-11,13-14,16H,5-9,12H2,1-4H3/b18-13+/t16-/m1/s1. The Bertz CT molecular complexity index is 1000. The number of aromatic nitrogens is 3. The molecule has 0 unspecified atom stereocenters. The lowest BCUT2D eigenvalue weighted by molar-refractivity contribution is -0.135. The zero-order valence-corrected chi connectivity index (χ0v) is 18.6. The van der Waals surface area contributed by atoms with E-state index in [0.29, 0.717) is 29.5 Å². The molecule has 0 saturated carbocycles. The predicted octanol–water partition coefficient (Wildman–Crippen LogP) is 3.32. The van der Waals surface area contributed by atoms with Gasteiger partial charge in [-0.05, 0) is 50.5 Å². The number of hydrogen-bond donors (Lipinski definition) is 0. The van der Waals surface area contributed by atoms with Gasteiger partial charge in [-0.1, -0.05) is 12.5 Å². The minimum absolute atomic E-state index is 0.134. The number of fused-ring (bicyclic) bond motifs is 1. The molecule has 0 radical (unpaired) electrons. The van der Waals surface area contributed by atoms with Crippen molar-refractivity contribution in [2.45, 2.75) is 52.2 Å². The normalized spacial score (nSPS) is 14.7. The average Bonchev–Trinajstić information content (AvgIpc) is 3.00. The molecule has 1 atom stereocenters. The zero-order valence-electron chi connectivity index (χ0n) is 18.6. The molecule has 164 valence electrons. The quantitative estimate of drug-likeness (QED) is 0.634. The Morgan fingerprint density at radius 1 is 1.29 bits per heavy atom. The predicted molar refractivity (Wildman–Crippen MR) is 117 cm³/mol. The molecule has 8 nitrogen and oxygen atoms in total. The van der Waals surface area contributed by atoms with Crippen molar-refractivity contribution in [1.82, 2.24) is 19.7 Å². The molecular formula is C23H29N5O3. The van der Waals surface area contributed by atoms with E-state index in [0.717, 1.165) is 43.6 Å². The van der Waals surface area contributed by atoms with Crippen molar-refractivity contribution in [3.63, 3.8) is 0 Å². The number of allylic oxidation sites excluding steroid dienone is 1. The SMILES string of the molecule is CCOc1cc(/C=C(\C#N)c2nnc3n2CCCCC3)ccc1O[C@H](C)C(=O)N(C)C. The lowest BCUT2D eigenvalue weighted by Crippen LogP contribution is -2.35. The van der Waals surface area contributed by atoms with Crippen LogP contribution in [0.4, 0.5) is 0 Å². The topological polar surface area (TPSA) is 93.3 Å². The van der Waals surface area contributed by atoms with Crippen molar-refractivity contribution >= 4 is 17.6 Å². The zero-order chi connectivity index (χ0) is 22.4. The van der Waals surface area contributed by atoms with Crippen LogP contribution < -0.4 is 9.47 Å². The van der Waals surface area contributed by atoms with Crippen LogP contribution >= 0.6 is 0 Å². The van der Waals surface area contributed by atoms with Gasteiger partial charge in [0.2, 0.25) is 0 Å². The summed E-state index contributed by atoms with van der Waals surface area (Å²) in [5, 5.41) is 18.4. The van der Waals surface area contributed by atoms with Crippen LogP contribution in [-0.4, -0.2) is 52.4 Å². The van der Waals surface area contributed by atoms with Crippen LogP contribution in [0.15, 0.2) is 18.2 Å². The highest BCUT2D eigenvalue weighted by molar-refractivity contribution is 5.87. The molecule has 2 aromatic rings. The highest BCUT2D eigenvalue weighted by atomic mass is 16.5. The van der Waals surface area contributed by atoms with E-state index < -0.39 is 6.10 Å². The lowest BCUT2D eigenvalue weighted by Gasteiger charge is -2.20. The molecule has 0 N–H and O–H groups in total. The average molecular weight is 424 g/mol. The summed E-state index contributed by atoms with van der Waals surface area (Å²) < 4.78 is 13.6. The summed E-state index contributed by atoms with van der Waals surface area (Å²) in [5.74, 6) is 2.41. The molecule has 3 rings (SSSR count). The van der Waals surface area contributed by atoms with Gasteiger partial charge >= 0.3 is 0 Å². The third-order valence-electron chi connectivity index (χ3n) is 5.14. The fourth-order valence-electron chi connectivity index (χ4n) is 3.58. The smallest absolute Gasteiger partial charge is 0.262 e. The van der Waals surface area contributed by atoms with Crippen molar-refractivity contribution in [3.05, 3.63) is 35.4 Å². The summed E-state index contributed by atoms with van der Waals surface area (Å²) in [6.07, 6.45) is 5.33. The number of carbonyl (C=O) groups excluding carboxylic acids is 1. The summed E-state index contributed by atoms with van der Waals surface area (Å²) in [6, 6.07) is 7.67. The molecule has 2 heterocycles. The van der Waals surface area contributed by atoms with E-state index in [-0.39, 0.29) is 5.91 Å². The van der Waals surface area contributed by atoms with E-state index in [9.17, 15) is 10.1 Å². The van der Waals surface area contributed by atoms with Gasteiger partial charge in [0.15, 0.2) is 23.4 Å². The minimum Gasteiger partial charge on any atom is -0.490 e. The van der Waals surface area contributed by atoms with E-state index in [1.54, 1.807) is 33.2 Å². The fraction of sp³-hybridized carbons (Fsp3) is 0.478. The van der Waals surface area contributed by atoms with E-state index in [4.69, 9.17) is 9.47 Å². The van der Waals surface area contributed by atoms with Crippen LogP contribution in [0.3, 0.4) is 0 Å². The van der Waals surface area contributed by atoms with Gasteiger partial charge in [-0.3, -0.25) is 4.79 Å². The number of nitriles is 1. The molecule has 8 heteroatoms. The Kier molecular flexibility index (Phi) is 7.29. The van der Waals surface area contributed by atoms with Crippen molar-refractivity contribution in [2.24, 2.45) is 0 Å². The van der Waals surface area contributed by atoms with Gasteiger partial charge in [-0.2, -0.15) is 5.26 Å². The molecule has 0 fully saturated rings. The van der Waals surface area contributed by atoms with Gasteiger partial charge in [0.25, 0.3) is 5.91 Å². The first-order chi connectivity index (χ1) is 14.9. The van der Waals surface area contributed by atoms with Gasteiger partial charge in [-0.15, -0.1) is 10.2 Å². The Balaban J connectivity index is 1.91. The van der Waals surface area contributed by atoms with Crippen molar-refractivity contribution in [2.75, 3.05) is 20.7 Å². The summed E-state index contributed by atoms with van der Waals surface area (Å²) in [7, 11) is 3.38. The molecule has 1 amide bonds. The molecule has 31 heavy (non-hydrogen) atoms. The Hall–Kier alpha value is -3.34. The van der Waals surface area contributed by atoms with Crippen molar-refractivity contribution in [3.8, 4) is 17.6 Å². The van der Waals surface area contributed by atoms with Crippen LogP contribution in [0.2, 0.25) is 0 Å². The van der Waals surface area contributed by atoms with E-state index in [1.807, 2.05) is 19.1 Å². The number of rotatable bonds is 7. The summed E-state index contributed by atoms with van der Waals surface area (Å²) in [5.41, 5.74) is 1.23. The number of ether oxygens (including phenoxy) is 2. The summed E-state index contributed by atoms with van der Waals surface area (Å²) in [4.78, 5) is 13.6. The first kappa shape index (κ1) is 22.3. The third kappa shape index (κ3) is 5.23. The van der Waals surface area contributed by atoms with Crippen LogP contribution in [0, 0.1) is 11.3 Å². The molecule has 0 aliphatic carbocycles. The van der Waals surface area contributed by atoms with Gasteiger partial charge in [0.05, 0.1) is 12.2 Å². The minimum atomic E-state index is -0.642. The summed E-state index contributed by atoms with van der Waals surface area (Å²) >= 11 is 0. The maximum absolute atomic E-state index is 12.1. The third-order valence-corrected chi connectivity index (χ3v) is 5.14. The number of aryl methyl sites for hydroxylation is 1. The molecular weight excluding hydrogens is 394 g/mol. The number of carbonyl (C=O) groups is 1. The number of benzene rings is 1. The van der Waals surface area contributed by atoms with Crippen molar-refractivity contribution < 1.29 is 14.3 Å². The first-order valence-corrected chi connectivity index (χ1v) is 10.6. The second kappa shape index (κ2) is 10.1. The maximum Gasteiger partial charge on any atom is 0.262 e. The fourth-order valence-corrected chi connectivity index (χ4v) is 3.58. The van der Waals surface area contributed by atoms with E-state index in [1.165, 1.54) is 4.90 Å². The van der Waals surface area contributed by atoms with E-state index in [2.05, 4.69) is 20.8 Å². The highest BCUT2D eigenvalue weighted by Gasteiger charge is 2.20.